The van der Waals surface area contributed by atoms with Crippen LogP contribution in [0.5, 0.6) is 0 Å². The molecular formula is C25H55N2+. The van der Waals surface area contributed by atoms with E-state index in [2.05, 4.69) is 33.1 Å². The number of unbranched alkanes of at least 4 members (excludes halogenated alkanes) is 15. The molecule has 0 amide bonds. The van der Waals surface area contributed by atoms with Crippen LogP contribution < -0.4 is 5.32 Å². The first-order chi connectivity index (χ1) is 13.2. The summed E-state index contributed by atoms with van der Waals surface area (Å²) < 4.78 is 1.20. The highest BCUT2D eigenvalue weighted by atomic mass is 15.3. The Bertz CT molecular complexity index is 273. The average molecular weight is 384 g/mol. The average Bonchev–Trinajstić information content (AvgIpc) is 2.69. The Morgan fingerprint density at radius 1 is 0.481 bits per heavy atom. The summed E-state index contributed by atoms with van der Waals surface area (Å²) >= 11 is 0. The molecule has 0 unspecified atom stereocenters. The van der Waals surface area contributed by atoms with Crippen LogP contribution >= 0.6 is 0 Å². The van der Waals surface area contributed by atoms with Gasteiger partial charge in [-0.3, -0.25) is 0 Å². The molecule has 0 aromatic carbocycles. The quantitative estimate of drug-likeness (QED) is 0.152. The van der Waals surface area contributed by atoms with E-state index in [0.29, 0.717) is 0 Å². The smallest absolute Gasteiger partial charge is 0.0911 e. The van der Waals surface area contributed by atoms with Crippen molar-refractivity contribution in [2.24, 2.45) is 0 Å². The highest BCUT2D eigenvalue weighted by Crippen LogP contribution is 2.13. The van der Waals surface area contributed by atoms with Crippen LogP contribution in [0, 0.1) is 0 Å². The van der Waals surface area contributed by atoms with E-state index in [-0.39, 0.29) is 0 Å². The fourth-order valence-electron chi connectivity index (χ4n) is 3.81. The maximum atomic E-state index is 3.64. The van der Waals surface area contributed by atoms with Crippen LogP contribution in [0.1, 0.15) is 124 Å². The van der Waals surface area contributed by atoms with Crippen molar-refractivity contribution in [2.75, 3.05) is 39.8 Å². The minimum absolute atomic E-state index is 1.18. The first-order valence-electron chi connectivity index (χ1n) is 12.7. The molecule has 0 fully saturated rings. The zero-order valence-corrected chi connectivity index (χ0v) is 19.8. The van der Waals surface area contributed by atoms with Gasteiger partial charge in [0, 0.05) is 6.54 Å². The summed E-state index contributed by atoms with van der Waals surface area (Å²) in [5.41, 5.74) is 0. The Morgan fingerprint density at radius 2 is 0.852 bits per heavy atom. The zero-order chi connectivity index (χ0) is 20.1. The Kier molecular flexibility index (Phi) is 20.6. The van der Waals surface area contributed by atoms with Crippen LogP contribution in [0.2, 0.25) is 0 Å². The molecule has 0 radical (unpaired) electrons. The molecule has 164 valence electrons. The SMILES string of the molecule is CCCCCCCCCCCCCCCCCCNCC[N+](C)(CC)CC. The number of nitrogens with zero attached hydrogens (tertiary/aromatic N) is 1. The van der Waals surface area contributed by atoms with Gasteiger partial charge in [-0.15, -0.1) is 0 Å². The monoisotopic (exact) mass is 383 g/mol. The number of hydrogen-bond acceptors (Lipinski definition) is 1. The summed E-state index contributed by atoms with van der Waals surface area (Å²) in [7, 11) is 2.37. The van der Waals surface area contributed by atoms with Crippen molar-refractivity contribution >= 4 is 0 Å². The summed E-state index contributed by atoms with van der Waals surface area (Å²) in [6.07, 6.45) is 23.2. The van der Waals surface area contributed by atoms with Crippen LogP contribution in [-0.2, 0) is 0 Å². The molecule has 0 bridgehead atoms. The second-order valence-corrected chi connectivity index (χ2v) is 9.03. The van der Waals surface area contributed by atoms with Gasteiger partial charge in [0.25, 0.3) is 0 Å². The van der Waals surface area contributed by atoms with E-state index >= 15 is 0 Å². The van der Waals surface area contributed by atoms with Crippen LogP contribution in [0.3, 0.4) is 0 Å². The predicted molar refractivity (Wildman–Crippen MR) is 125 cm³/mol. The Hall–Kier alpha value is -0.0800. The highest BCUT2D eigenvalue weighted by Gasteiger charge is 2.14. The first-order valence-corrected chi connectivity index (χ1v) is 12.7. The molecule has 2 nitrogen and oxygen atoms in total. The second-order valence-electron chi connectivity index (χ2n) is 9.03. The van der Waals surface area contributed by atoms with Crippen molar-refractivity contribution in [3.63, 3.8) is 0 Å². The molecular weight excluding hydrogens is 328 g/mol. The molecule has 2 heteroatoms. The summed E-state index contributed by atoms with van der Waals surface area (Å²) in [6, 6.07) is 0. The van der Waals surface area contributed by atoms with E-state index in [4.69, 9.17) is 0 Å². The summed E-state index contributed by atoms with van der Waals surface area (Å²) in [6.45, 7) is 13.1. The molecule has 0 heterocycles. The molecule has 1 N–H and O–H groups in total. The number of rotatable bonds is 22. The van der Waals surface area contributed by atoms with Gasteiger partial charge in [-0.05, 0) is 26.8 Å². The number of hydrogen-bond donors (Lipinski definition) is 1. The molecule has 0 saturated carbocycles. The van der Waals surface area contributed by atoms with E-state index in [9.17, 15) is 0 Å². The third-order valence-corrected chi connectivity index (χ3v) is 6.56. The standard InChI is InChI=1S/C25H55N2/c1-5-8-9-10-11-12-13-14-15-16-17-18-19-20-21-22-23-26-24-25-27(4,6-2)7-3/h26H,5-25H2,1-4H3/q+1. The second kappa shape index (κ2) is 20.6. The fraction of sp³-hybridized carbons (Fsp3) is 1.00. The highest BCUT2D eigenvalue weighted by molar-refractivity contribution is 4.52. The lowest BCUT2D eigenvalue weighted by molar-refractivity contribution is -0.905. The molecule has 0 saturated heterocycles. The van der Waals surface area contributed by atoms with Crippen molar-refractivity contribution < 1.29 is 4.48 Å². The van der Waals surface area contributed by atoms with Gasteiger partial charge in [-0.1, -0.05) is 103 Å². The van der Waals surface area contributed by atoms with Gasteiger partial charge < -0.3 is 9.80 Å². The lowest BCUT2D eigenvalue weighted by Gasteiger charge is -2.32. The van der Waals surface area contributed by atoms with E-state index in [1.807, 2.05) is 0 Å². The first kappa shape index (κ1) is 26.9. The Balaban J connectivity index is 3.11. The van der Waals surface area contributed by atoms with Gasteiger partial charge in [0.05, 0.1) is 26.7 Å². The number of likely N-dealkylation sites (N-methyl/N-ethyl adjacent to an activating group) is 1. The maximum Gasteiger partial charge on any atom is 0.0911 e. The van der Waals surface area contributed by atoms with Crippen LogP contribution in [0.15, 0.2) is 0 Å². The molecule has 0 aliphatic carbocycles. The van der Waals surface area contributed by atoms with Gasteiger partial charge in [0.2, 0.25) is 0 Å². The lowest BCUT2D eigenvalue weighted by atomic mass is 10.0. The van der Waals surface area contributed by atoms with E-state index in [1.165, 1.54) is 140 Å². The van der Waals surface area contributed by atoms with Gasteiger partial charge in [-0.25, -0.2) is 0 Å². The fourth-order valence-corrected chi connectivity index (χ4v) is 3.81. The zero-order valence-electron chi connectivity index (χ0n) is 19.8. The predicted octanol–water partition coefficient (Wildman–Crippen LogP) is 7.32. The van der Waals surface area contributed by atoms with E-state index < -0.39 is 0 Å². The van der Waals surface area contributed by atoms with Gasteiger partial charge >= 0.3 is 0 Å². The summed E-state index contributed by atoms with van der Waals surface area (Å²) in [4.78, 5) is 0. The van der Waals surface area contributed by atoms with Gasteiger partial charge in [-0.2, -0.15) is 0 Å². The van der Waals surface area contributed by atoms with E-state index in [1.54, 1.807) is 0 Å². The van der Waals surface area contributed by atoms with Crippen LogP contribution in [-0.4, -0.2) is 44.3 Å². The summed E-state index contributed by atoms with van der Waals surface area (Å²) in [5.74, 6) is 0. The molecule has 0 atom stereocenters. The Labute approximate surface area is 173 Å². The van der Waals surface area contributed by atoms with Crippen molar-refractivity contribution in [3.8, 4) is 0 Å². The van der Waals surface area contributed by atoms with Crippen molar-refractivity contribution in [2.45, 2.75) is 124 Å². The molecule has 0 rings (SSSR count). The third-order valence-electron chi connectivity index (χ3n) is 6.56. The van der Waals surface area contributed by atoms with Crippen LogP contribution in [0.4, 0.5) is 0 Å². The largest absolute Gasteiger partial charge is 0.325 e. The lowest BCUT2D eigenvalue weighted by Crippen LogP contribution is -2.47. The van der Waals surface area contributed by atoms with Crippen molar-refractivity contribution in [1.82, 2.24) is 5.32 Å². The van der Waals surface area contributed by atoms with Gasteiger partial charge in [0.1, 0.15) is 0 Å². The molecule has 27 heavy (non-hydrogen) atoms. The van der Waals surface area contributed by atoms with E-state index in [0.717, 1.165) is 0 Å². The normalized spacial score (nSPS) is 12.0. The topological polar surface area (TPSA) is 12.0 Å². The molecule has 0 aliphatic rings. The van der Waals surface area contributed by atoms with Crippen molar-refractivity contribution in [3.05, 3.63) is 0 Å². The van der Waals surface area contributed by atoms with Crippen LogP contribution in [0.25, 0.3) is 0 Å². The number of quaternary nitrogens is 1. The maximum absolute atomic E-state index is 3.64. The number of nitrogens with one attached hydrogen (secondary N) is 1. The minimum Gasteiger partial charge on any atom is -0.325 e. The summed E-state index contributed by atoms with van der Waals surface area (Å²) in [5, 5.41) is 3.64. The molecule has 0 aromatic heterocycles. The van der Waals surface area contributed by atoms with Crippen molar-refractivity contribution in [1.29, 1.82) is 0 Å². The molecule has 0 spiro atoms. The molecule has 0 aromatic rings. The Morgan fingerprint density at radius 3 is 1.22 bits per heavy atom. The minimum atomic E-state index is 1.18. The van der Waals surface area contributed by atoms with Gasteiger partial charge in [0.15, 0.2) is 0 Å². The molecule has 0 aliphatic heterocycles. The third kappa shape index (κ3) is 19.0.